The average molecular weight is 482 g/mol. The minimum atomic E-state index is -3.98. The van der Waals surface area contributed by atoms with Gasteiger partial charge in [-0.1, -0.05) is 17.7 Å². The van der Waals surface area contributed by atoms with E-state index in [1.54, 1.807) is 30.3 Å². The van der Waals surface area contributed by atoms with E-state index in [4.69, 9.17) is 14.2 Å². The van der Waals surface area contributed by atoms with Crippen molar-refractivity contribution in [1.82, 2.24) is 4.98 Å². The second-order valence-electron chi connectivity index (χ2n) is 9.45. The number of aromatic nitrogens is 1. The predicted octanol–water partition coefficient (Wildman–Crippen LogP) is 3.54. The highest BCUT2D eigenvalue weighted by molar-refractivity contribution is 7.92. The molecule has 5 rings (SSSR count). The van der Waals surface area contributed by atoms with E-state index in [-0.39, 0.29) is 10.3 Å². The lowest BCUT2D eigenvalue weighted by molar-refractivity contribution is -0.137. The zero-order chi connectivity index (χ0) is 24.1. The van der Waals surface area contributed by atoms with Gasteiger partial charge in [-0.05, 0) is 50.2 Å². The number of methoxy groups -OCH3 is 1. The number of sulfone groups is 1. The van der Waals surface area contributed by atoms with Crippen LogP contribution in [0.2, 0.25) is 0 Å². The van der Waals surface area contributed by atoms with Crippen LogP contribution in [-0.4, -0.2) is 51.9 Å². The van der Waals surface area contributed by atoms with Crippen molar-refractivity contribution in [2.75, 3.05) is 32.7 Å². The van der Waals surface area contributed by atoms with Gasteiger partial charge in [-0.25, -0.2) is 8.42 Å². The first-order chi connectivity index (χ1) is 16.2. The molecule has 2 saturated heterocycles. The molecule has 8 heteroatoms. The highest BCUT2D eigenvalue weighted by Crippen LogP contribution is 2.52. The second kappa shape index (κ2) is 8.15. The third-order valence-electron chi connectivity index (χ3n) is 6.79. The lowest BCUT2D eigenvalue weighted by atomic mass is 9.74. The topological polar surface area (TPSA) is 91.8 Å². The van der Waals surface area contributed by atoms with E-state index in [2.05, 4.69) is 4.98 Å². The summed E-state index contributed by atoms with van der Waals surface area (Å²) >= 11 is 0. The highest BCUT2D eigenvalue weighted by atomic mass is 32.2. The zero-order valence-corrected chi connectivity index (χ0v) is 20.3. The minimum absolute atomic E-state index is 0.0943. The third kappa shape index (κ3) is 3.70. The van der Waals surface area contributed by atoms with Gasteiger partial charge >= 0.3 is 0 Å². The molecule has 2 fully saturated rings. The summed E-state index contributed by atoms with van der Waals surface area (Å²) in [7, 11) is -2.45. The SMILES string of the molecule is COc1ccc(C)cc1C1(C(=O)CS(=O)(=O)c2cccc3nc(C)ccc23)CC2(COC2)CO1. The number of hydrogen-bond donors (Lipinski definition) is 0. The van der Waals surface area contributed by atoms with Crippen molar-refractivity contribution in [3.63, 3.8) is 0 Å². The van der Waals surface area contributed by atoms with Gasteiger partial charge in [-0.15, -0.1) is 0 Å². The van der Waals surface area contributed by atoms with E-state index in [1.807, 2.05) is 26.0 Å². The molecule has 0 radical (unpaired) electrons. The van der Waals surface area contributed by atoms with Gasteiger partial charge in [-0.2, -0.15) is 0 Å². The number of ketones is 1. The Hall–Kier alpha value is -2.81. The second-order valence-corrected chi connectivity index (χ2v) is 11.4. The molecule has 0 saturated carbocycles. The summed E-state index contributed by atoms with van der Waals surface area (Å²) in [6.45, 7) is 5.06. The summed E-state index contributed by atoms with van der Waals surface area (Å²) < 4.78 is 44.4. The fourth-order valence-electron chi connectivity index (χ4n) is 4.99. The van der Waals surface area contributed by atoms with Crippen LogP contribution in [-0.2, 0) is 29.7 Å². The minimum Gasteiger partial charge on any atom is -0.496 e. The number of pyridine rings is 1. The molecule has 0 N–H and O–H groups in total. The van der Waals surface area contributed by atoms with Gasteiger partial charge in [0.1, 0.15) is 11.5 Å². The van der Waals surface area contributed by atoms with Gasteiger partial charge in [-0.3, -0.25) is 9.78 Å². The maximum absolute atomic E-state index is 13.9. The molecule has 178 valence electrons. The van der Waals surface area contributed by atoms with E-state index >= 15 is 0 Å². The number of Topliss-reactive ketones (excluding diaryl/α,β-unsaturated/α-hetero) is 1. The smallest absolute Gasteiger partial charge is 0.186 e. The van der Waals surface area contributed by atoms with Crippen LogP contribution in [0.5, 0.6) is 5.75 Å². The van der Waals surface area contributed by atoms with Crippen molar-refractivity contribution in [2.24, 2.45) is 5.41 Å². The number of ether oxygens (including phenoxy) is 3. The molecule has 34 heavy (non-hydrogen) atoms. The number of rotatable bonds is 6. The van der Waals surface area contributed by atoms with Crippen LogP contribution in [0.15, 0.2) is 53.4 Å². The summed E-state index contributed by atoms with van der Waals surface area (Å²) in [5.41, 5.74) is 1.13. The Morgan fingerprint density at radius 2 is 1.88 bits per heavy atom. The summed E-state index contributed by atoms with van der Waals surface area (Å²) in [4.78, 5) is 18.5. The molecular formula is C26H27NO6S. The van der Waals surface area contributed by atoms with Crippen molar-refractivity contribution in [2.45, 2.75) is 30.8 Å². The molecule has 3 aromatic rings. The first-order valence-corrected chi connectivity index (χ1v) is 12.8. The Kier molecular flexibility index (Phi) is 5.50. The number of hydrogen-bond acceptors (Lipinski definition) is 7. The van der Waals surface area contributed by atoms with Crippen LogP contribution in [0, 0.1) is 19.3 Å². The van der Waals surface area contributed by atoms with E-state index < -0.39 is 27.0 Å². The van der Waals surface area contributed by atoms with Crippen LogP contribution in [0.25, 0.3) is 10.9 Å². The van der Waals surface area contributed by atoms with Crippen LogP contribution in [0.4, 0.5) is 0 Å². The average Bonchev–Trinajstić information content (AvgIpc) is 3.21. The molecule has 0 aliphatic carbocycles. The Bertz CT molecular complexity index is 1400. The van der Waals surface area contributed by atoms with E-state index in [0.717, 1.165) is 11.3 Å². The van der Waals surface area contributed by atoms with Gasteiger partial charge < -0.3 is 14.2 Å². The number of fused-ring (bicyclic) bond motifs is 1. The van der Waals surface area contributed by atoms with E-state index in [0.29, 0.717) is 48.5 Å². The zero-order valence-electron chi connectivity index (χ0n) is 19.5. The Morgan fingerprint density at radius 3 is 2.56 bits per heavy atom. The van der Waals surface area contributed by atoms with Gasteiger partial charge in [0.05, 0.1) is 37.3 Å². The summed E-state index contributed by atoms with van der Waals surface area (Å²) in [5, 5.41) is 0.499. The fourth-order valence-corrected chi connectivity index (χ4v) is 6.52. The molecule has 2 aliphatic heterocycles. The number of carbonyl (C=O) groups excluding carboxylic acids is 1. The first-order valence-electron chi connectivity index (χ1n) is 11.2. The molecule has 0 amide bonds. The predicted molar refractivity (Wildman–Crippen MR) is 127 cm³/mol. The number of carbonyl (C=O) groups is 1. The summed E-state index contributed by atoms with van der Waals surface area (Å²) in [6, 6.07) is 14.0. The molecule has 2 aliphatic rings. The van der Waals surface area contributed by atoms with Crippen molar-refractivity contribution < 1.29 is 27.4 Å². The maximum Gasteiger partial charge on any atom is 0.186 e. The molecule has 1 spiro atoms. The quantitative estimate of drug-likeness (QED) is 0.532. The van der Waals surface area contributed by atoms with Crippen LogP contribution in [0.1, 0.15) is 23.2 Å². The summed E-state index contributed by atoms with van der Waals surface area (Å²) in [6.07, 6.45) is 0.352. The molecule has 1 unspecified atom stereocenters. The van der Waals surface area contributed by atoms with Gasteiger partial charge in [0.25, 0.3) is 0 Å². The maximum atomic E-state index is 13.9. The number of benzene rings is 2. The molecular weight excluding hydrogens is 454 g/mol. The molecule has 7 nitrogen and oxygen atoms in total. The Morgan fingerprint density at radius 1 is 1.09 bits per heavy atom. The van der Waals surface area contributed by atoms with Gasteiger partial charge in [0.15, 0.2) is 21.2 Å². The normalized spacial score (nSPS) is 21.5. The van der Waals surface area contributed by atoms with Gasteiger partial charge in [0.2, 0.25) is 0 Å². The monoisotopic (exact) mass is 481 g/mol. The van der Waals surface area contributed by atoms with Crippen molar-refractivity contribution in [3.8, 4) is 5.75 Å². The Balaban J connectivity index is 1.58. The third-order valence-corrected chi connectivity index (χ3v) is 8.46. The number of aryl methyl sites for hydroxylation is 2. The van der Waals surface area contributed by atoms with Crippen LogP contribution < -0.4 is 4.74 Å². The molecule has 2 aromatic carbocycles. The largest absolute Gasteiger partial charge is 0.496 e. The number of nitrogens with zero attached hydrogens (tertiary/aromatic N) is 1. The van der Waals surface area contributed by atoms with Crippen molar-refractivity contribution in [1.29, 1.82) is 0 Å². The molecule has 0 bridgehead atoms. The van der Waals surface area contributed by atoms with Crippen LogP contribution in [0.3, 0.4) is 0 Å². The molecule has 1 aromatic heterocycles. The lowest BCUT2D eigenvalue weighted by Gasteiger charge is -2.38. The molecule has 1 atom stereocenters. The van der Waals surface area contributed by atoms with Crippen molar-refractivity contribution >= 4 is 26.5 Å². The fraction of sp³-hybridized carbons (Fsp3) is 0.385. The summed E-state index contributed by atoms with van der Waals surface area (Å²) in [5.74, 6) is -0.690. The Labute approximate surface area is 199 Å². The standard InChI is InChI=1S/C26H27NO6S/c1-17-7-10-22(31-3)20(11-17)26(13-25(16-33-26)14-32-15-25)24(28)12-34(29,30)23-6-4-5-21-19(23)9-8-18(2)27-21/h4-11H,12-16H2,1-3H3. The van der Waals surface area contributed by atoms with E-state index in [1.165, 1.54) is 13.2 Å². The highest BCUT2D eigenvalue weighted by Gasteiger charge is 2.59. The first kappa shape index (κ1) is 23.0. The van der Waals surface area contributed by atoms with Crippen LogP contribution >= 0.6 is 0 Å². The molecule has 3 heterocycles. The lowest BCUT2D eigenvalue weighted by Crippen LogP contribution is -2.46. The van der Waals surface area contributed by atoms with E-state index in [9.17, 15) is 13.2 Å². The van der Waals surface area contributed by atoms with Gasteiger partial charge in [0, 0.05) is 28.5 Å². The van der Waals surface area contributed by atoms with Crippen molar-refractivity contribution in [3.05, 3.63) is 65.4 Å².